The van der Waals surface area contributed by atoms with Gasteiger partial charge in [-0.2, -0.15) is 4.98 Å². The fourth-order valence-corrected chi connectivity index (χ4v) is 4.93. The van der Waals surface area contributed by atoms with Crippen molar-refractivity contribution in [2.45, 2.75) is 77.7 Å². The Balaban J connectivity index is 1.77. The minimum atomic E-state index is -3.10. The molecule has 0 saturated carbocycles. The largest absolute Gasteiger partial charge is 0.456 e. The number of aryl methyl sites for hydroxylation is 1. The smallest absolute Gasteiger partial charge is 0.306 e. The Labute approximate surface area is 178 Å². The van der Waals surface area contributed by atoms with E-state index in [0.717, 1.165) is 12.8 Å². The molecule has 1 aromatic heterocycles. The second-order valence-corrected chi connectivity index (χ2v) is 11.0. The van der Waals surface area contributed by atoms with Gasteiger partial charge in [-0.3, -0.25) is 9.59 Å². The van der Waals surface area contributed by atoms with Crippen LogP contribution in [-0.2, 0) is 36.0 Å². The molecule has 1 amide bonds. The van der Waals surface area contributed by atoms with Crippen LogP contribution in [0.1, 0.15) is 71.5 Å². The third-order valence-electron chi connectivity index (χ3n) is 4.99. The lowest BCUT2D eigenvalue weighted by molar-refractivity contribution is -0.153. The number of unbranched alkanes of at least 4 members (excludes halogenated alkanes) is 1. The van der Waals surface area contributed by atoms with Gasteiger partial charge in [0.1, 0.15) is 0 Å². The molecule has 1 atom stereocenters. The molecule has 170 valence electrons. The third kappa shape index (κ3) is 7.37. The van der Waals surface area contributed by atoms with Gasteiger partial charge in [0.05, 0.1) is 11.5 Å². The van der Waals surface area contributed by atoms with Crippen molar-refractivity contribution in [1.29, 1.82) is 0 Å². The molecule has 2 rings (SSSR count). The van der Waals surface area contributed by atoms with E-state index in [9.17, 15) is 18.0 Å². The quantitative estimate of drug-likeness (QED) is 0.504. The summed E-state index contributed by atoms with van der Waals surface area (Å²) < 4.78 is 33.8. The number of nitrogens with zero attached hydrogens (tertiary/aromatic N) is 3. The molecule has 0 aromatic carbocycles. The first-order valence-corrected chi connectivity index (χ1v) is 12.3. The number of aromatic nitrogens is 2. The van der Waals surface area contributed by atoms with E-state index in [2.05, 4.69) is 10.1 Å². The molecule has 2 heterocycles. The fourth-order valence-electron chi connectivity index (χ4n) is 3.20. The maximum Gasteiger partial charge on any atom is 0.306 e. The van der Waals surface area contributed by atoms with Crippen LogP contribution in [0.25, 0.3) is 0 Å². The number of carbonyl (C=O) groups excluding carboxylic acids is 2. The minimum Gasteiger partial charge on any atom is -0.456 e. The van der Waals surface area contributed by atoms with E-state index in [1.807, 2.05) is 27.7 Å². The highest BCUT2D eigenvalue weighted by atomic mass is 32.2. The summed E-state index contributed by atoms with van der Waals surface area (Å²) >= 11 is 0. The molecule has 30 heavy (non-hydrogen) atoms. The molecule has 1 aromatic rings. The van der Waals surface area contributed by atoms with E-state index in [4.69, 9.17) is 9.26 Å². The first-order chi connectivity index (χ1) is 14.0. The normalized spacial score (nSPS) is 18.3. The number of ether oxygens (including phenoxy) is 1. The van der Waals surface area contributed by atoms with Crippen LogP contribution in [-0.4, -0.2) is 66.0 Å². The number of hydrogen-bond acceptors (Lipinski definition) is 8. The zero-order chi connectivity index (χ0) is 22.4. The van der Waals surface area contributed by atoms with E-state index < -0.39 is 15.8 Å². The summed E-state index contributed by atoms with van der Waals surface area (Å²) in [4.78, 5) is 30.5. The molecule has 1 saturated heterocycles. The van der Waals surface area contributed by atoms with E-state index in [1.54, 1.807) is 4.90 Å². The van der Waals surface area contributed by atoms with Gasteiger partial charge < -0.3 is 14.2 Å². The van der Waals surface area contributed by atoms with Crippen LogP contribution in [0.3, 0.4) is 0 Å². The van der Waals surface area contributed by atoms with Gasteiger partial charge in [-0.05, 0) is 19.3 Å². The molecule has 0 aliphatic carbocycles. The van der Waals surface area contributed by atoms with Crippen LogP contribution in [0.4, 0.5) is 0 Å². The summed E-state index contributed by atoms with van der Waals surface area (Å²) in [5.74, 6) is 0.347. The summed E-state index contributed by atoms with van der Waals surface area (Å²) in [5.41, 5.74) is -0.205. The number of rotatable bonds is 10. The molecular formula is C20H33N3O6S. The van der Waals surface area contributed by atoms with E-state index in [0.29, 0.717) is 37.5 Å². The molecule has 0 N–H and O–H groups in total. The maximum absolute atomic E-state index is 12.6. The Kier molecular flexibility index (Phi) is 8.40. The van der Waals surface area contributed by atoms with Gasteiger partial charge in [-0.15, -0.1) is 0 Å². The number of amides is 1. The van der Waals surface area contributed by atoms with Crippen molar-refractivity contribution in [3.8, 4) is 0 Å². The van der Waals surface area contributed by atoms with Crippen LogP contribution in [0.2, 0.25) is 0 Å². The molecule has 1 aliphatic heterocycles. The molecule has 9 nitrogen and oxygen atoms in total. The van der Waals surface area contributed by atoms with Crippen molar-refractivity contribution >= 4 is 21.7 Å². The first kappa shape index (κ1) is 24.3. The van der Waals surface area contributed by atoms with Crippen molar-refractivity contribution in [3.63, 3.8) is 0 Å². The summed E-state index contributed by atoms with van der Waals surface area (Å²) in [6.45, 7) is 8.07. The van der Waals surface area contributed by atoms with Gasteiger partial charge in [-0.25, -0.2) is 8.42 Å². The lowest BCUT2D eigenvalue weighted by atomic mass is 9.96. The van der Waals surface area contributed by atoms with Crippen molar-refractivity contribution in [3.05, 3.63) is 11.7 Å². The van der Waals surface area contributed by atoms with Crippen molar-refractivity contribution < 1.29 is 27.3 Å². The van der Waals surface area contributed by atoms with Gasteiger partial charge in [0, 0.05) is 30.8 Å². The average molecular weight is 444 g/mol. The van der Waals surface area contributed by atoms with Gasteiger partial charge >= 0.3 is 5.97 Å². The zero-order valence-electron chi connectivity index (χ0n) is 18.3. The van der Waals surface area contributed by atoms with E-state index >= 15 is 0 Å². The minimum absolute atomic E-state index is 0.0167. The summed E-state index contributed by atoms with van der Waals surface area (Å²) in [7, 11) is -3.10. The second-order valence-electron chi connectivity index (χ2n) is 8.77. The fraction of sp³-hybridized carbons (Fsp3) is 0.800. The number of carbonyl (C=O) groups is 2. The van der Waals surface area contributed by atoms with E-state index in [1.165, 1.54) is 0 Å². The summed E-state index contributed by atoms with van der Waals surface area (Å²) in [6, 6.07) is -0.331. The topological polar surface area (TPSA) is 120 Å². The molecular weight excluding hydrogens is 410 g/mol. The predicted octanol–water partition coefficient (Wildman–Crippen LogP) is 2.05. The molecule has 10 heteroatoms. The van der Waals surface area contributed by atoms with Gasteiger partial charge in [0.15, 0.2) is 22.3 Å². The summed E-state index contributed by atoms with van der Waals surface area (Å²) in [6.07, 6.45) is 3.15. The van der Waals surface area contributed by atoms with Crippen LogP contribution in [0.5, 0.6) is 0 Å². The molecule has 0 radical (unpaired) electrons. The van der Waals surface area contributed by atoms with Crippen molar-refractivity contribution in [2.75, 3.05) is 24.7 Å². The zero-order valence-corrected chi connectivity index (χ0v) is 19.2. The standard InChI is InChI=1S/C20H33N3O6S/c1-5-6-11-23(15-10-12-30(26,27)14-15)17(24)13-28-18(25)9-7-8-16-21-19(22-29-16)20(2,3)4/h15H,5-14H2,1-4H3. The second kappa shape index (κ2) is 10.4. The maximum atomic E-state index is 12.6. The SMILES string of the molecule is CCCCN(C(=O)COC(=O)CCCc1nc(C(C)(C)C)no1)C1CCS(=O)(=O)C1. The number of esters is 1. The van der Waals surface area contributed by atoms with Crippen LogP contribution < -0.4 is 0 Å². The van der Waals surface area contributed by atoms with Gasteiger partial charge in [0.25, 0.3) is 5.91 Å². The molecule has 1 fully saturated rings. The first-order valence-electron chi connectivity index (χ1n) is 10.5. The average Bonchev–Trinajstić information content (AvgIpc) is 3.26. The van der Waals surface area contributed by atoms with Crippen LogP contribution in [0.15, 0.2) is 4.52 Å². The Bertz CT molecular complexity index is 828. The van der Waals surface area contributed by atoms with Crippen molar-refractivity contribution in [1.82, 2.24) is 15.0 Å². The van der Waals surface area contributed by atoms with Gasteiger partial charge in [0.2, 0.25) is 5.89 Å². The highest BCUT2D eigenvalue weighted by Gasteiger charge is 2.34. The van der Waals surface area contributed by atoms with Gasteiger partial charge in [-0.1, -0.05) is 39.3 Å². The highest BCUT2D eigenvalue weighted by Crippen LogP contribution is 2.20. The van der Waals surface area contributed by atoms with E-state index in [-0.39, 0.29) is 41.9 Å². The summed E-state index contributed by atoms with van der Waals surface area (Å²) in [5, 5.41) is 3.94. The number of hydrogen-bond donors (Lipinski definition) is 0. The molecule has 0 bridgehead atoms. The molecule has 1 aliphatic rings. The predicted molar refractivity (Wildman–Crippen MR) is 111 cm³/mol. The monoisotopic (exact) mass is 443 g/mol. The Morgan fingerprint density at radius 1 is 1.27 bits per heavy atom. The Hall–Kier alpha value is -1.97. The lowest BCUT2D eigenvalue weighted by Crippen LogP contribution is -2.43. The van der Waals surface area contributed by atoms with Crippen LogP contribution >= 0.6 is 0 Å². The molecule has 1 unspecified atom stereocenters. The lowest BCUT2D eigenvalue weighted by Gasteiger charge is -2.28. The Morgan fingerprint density at radius 3 is 2.57 bits per heavy atom. The third-order valence-corrected chi connectivity index (χ3v) is 6.74. The molecule has 0 spiro atoms. The van der Waals surface area contributed by atoms with Crippen molar-refractivity contribution in [2.24, 2.45) is 0 Å². The number of sulfone groups is 1. The van der Waals surface area contributed by atoms with Crippen LogP contribution in [0, 0.1) is 0 Å². The Morgan fingerprint density at radius 2 is 2.00 bits per heavy atom. The highest BCUT2D eigenvalue weighted by molar-refractivity contribution is 7.91.